The number of nitrogens with zero attached hydrogens (tertiary/aromatic N) is 4. The molecule has 1 aliphatic heterocycles. The first-order chi connectivity index (χ1) is 22.1. The second-order valence-corrected chi connectivity index (χ2v) is 14.0. The first-order valence-corrected chi connectivity index (χ1v) is 16.5. The molecule has 4 aromatic rings. The molecule has 254 valence electrons. The van der Waals surface area contributed by atoms with Crippen molar-refractivity contribution in [2.24, 2.45) is 0 Å². The van der Waals surface area contributed by atoms with Crippen LogP contribution in [0.25, 0.3) is 21.0 Å². The summed E-state index contributed by atoms with van der Waals surface area (Å²) in [6.07, 6.45) is -10.8. The molecule has 0 unspecified atom stereocenters. The summed E-state index contributed by atoms with van der Waals surface area (Å²) in [4.78, 5) is 38.7. The maximum absolute atomic E-state index is 13.5. The number of rotatable bonds is 7. The molecule has 0 aliphatic carbocycles. The molecule has 0 saturated carbocycles. The van der Waals surface area contributed by atoms with E-state index in [1.807, 2.05) is 0 Å². The van der Waals surface area contributed by atoms with E-state index >= 15 is 0 Å². The normalized spacial score (nSPS) is 17.1. The van der Waals surface area contributed by atoms with Crippen LogP contribution in [0.4, 0.5) is 31.1 Å². The van der Waals surface area contributed by atoms with Gasteiger partial charge in [-0.05, 0) is 62.2 Å². The van der Waals surface area contributed by atoms with E-state index < -0.39 is 74.8 Å². The third kappa shape index (κ3) is 6.85. The fraction of sp³-hybridized carbons (Fsp3) is 0.300. The lowest BCUT2D eigenvalue weighted by Crippen LogP contribution is -2.32. The summed E-state index contributed by atoms with van der Waals surface area (Å²) in [5.41, 5.74) is -1.68. The number of carboxylic acids is 1. The van der Waals surface area contributed by atoms with Gasteiger partial charge >= 0.3 is 24.4 Å². The van der Waals surface area contributed by atoms with Gasteiger partial charge in [-0.2, -0.15) is 26.3 Å². The summed E-state index contributed by atoms with van der Waals surface area (Å²) in [5.74, 6) is -1.11. The van der Waals surface area contributed by atoms with Crippen LogP contribution in [0.15, 0.2) is 47.8 Å². The molecule has 0 spiro atoms. The summed E-state index contributed by atoms with van der Waals surface area (Å²) in [5, 5.41) is 9.20. The number of carbonyl (C=O) groups excluding carboxylic acids is 1. The predicted octanol–water partition coefficient (Wildman–Crippen LogP) is 7.11. The van der Waals surface area contributed by atoms with Crippen LogP contribution >= 0.6 is 11.3 Å². The van der Waals surface area contributed by atoms with Crippen LogP contribution in [-0.4, -0.2) is 57.7 Å². The van der Waals surface area contributed by atoms with Crippen molar-refractivity contribution in [3.63, 3.8) is 0 Å². The number of carbonyl (C=O) groups is 2. The zero-order valence-corrected chi connectivity index (χ0v) is 26.9. The van der Waals surface area contributed by atoms with E-state index in [0.29, 0.717) is 38.8 Å². The standard InChI is InChI=1S/C30H24F6N4O6S2/c1-13-7-16(26(41)42)5-6-20(13)25-38-14(2)24(47-25)21-11-37-27(48(4,44)45)39-22(21)12-40-15(3)23(46-28(40)43)17-8-18(29(31,32)33)10-19(9-17)30(34,35)36/h5-11,15,23H,12H2,1-4H3,(H,41,42)/t15-,23-/m0/s1. The number of halogens is 6. The Kier molecular flexibility index (Phi) is 8.79. The van der Waals surface area contributed by atoms with E-state index in [2.05, 4.69) is 15.0 Å². The Bertz CT molecular complexity index is 2030. The van der Waals surface area contributed by atoms with Crippen molar-refractivity contribution in [1.29, 1.82) is 0 Å². The lowest BCUT2D eigenvalue weighted by atomic mass is 9.97. The van der Waals surface area contributed by atoms with Gasteiger partial charge in [0.15, 0.2) is 0 Å². The van der Waals surface area contributed by atoms with E-state index in [1.165, 1.54) is 25.3 Å². The summed E-state index contributed by atoms with van der Waals surface area (Å²) in [6, 6.07) is 4.29. The highest BCUT2D eigenvalue weighted by Crippen LogP contribution is 2.42. The highest BCUT2D eigenvalue weighted by atomic mass is 32.2. The SMILES string of the molecule is Cc1cc(C(=O)O)ccc1-c1nc(C)c(-c2cnc(S(C)(=O)=O)nc2CN2C(=O)O[C@H](c3cc(C(F)(F)F)cc(C(F)(F)F)c3)[C@@H]2C)s1. The number of ether oxygens (including phenoxy) is 1. The second kappa shape index (κ2) is 12.1. The first kappa shape index (κ1) is 34.7. The number of hydrogen-bond acceptors (Lipinski definition) is 9. The van der Waals surface area contributed by atoms with Crippen molar-refractivity contribution in [3.05, 3.63) is 81.8 Å². The van der Waals surface area contributed by atoms with Gasteiger partial charge in [0.1, 0.15) is 11.1 Å². The third-order valence-electron chi connectivity index (χ3n) is 7.57. The third-order valence-corrected chi connectivity index (χ3v) is 9.66. The van der Waals surface area contributed by atoms with Gasteiger partial charge in [0, 0.05) is 23.6 Å². The van der Waals surface area contributed by atoms with Crippen molar-refractivity contribution in [2.75, 3.05) is 6.26 Å². The maximum Gasteiger partial charge on any atom is 0.416 e. The van der Waals surface area contributed by atoms with E-state index in [9.17, 15) is 49.5 Å². The molecule has 1 fully saturated rings. The smallest absolute Gasteiger partial charge is 0.416 e. The number of cyclic esters (lactones) is 1. The molecule has 1 aliphatic rings. The van der Waals surface area contributed by atoms with Crippen LogP contribution in [-0.2, 0) is 33.5 Å². The van der Waals surface area contributed by atoms with Gasteiger partial charge in [-0.3, -0.25) is 4.90 Å². The van der Waals surface area contributed by atoms with Crippen LogP contribution in [0.2, 0.25) is 0 Å². The molecular formula is C30H24F6N4O6S2. The fourth-order valence-corrected chi connectivity index (χ4v) is 6.86. The molecule has 10 nitrogen and oxygen atoms in total. The van der Waals surface area contributed by atoms with Gasteiger partial charge in [-0.15, -0.1) is 11.3 Å². The number of sulfone groups is 1. The zero-order valence-electron chi connectivity index (χ0n) is 25.3. The monoisotopic (exact) mass is 714 g/mol. The second-order valence-electron chi connectivity index (χ2n) is 11.1. The minimum Gasteiger partial charge on any atom is -0.478 e. The fourth-order valence-electron chi connectivity index (χ4n) is 5.15. The molecule has 5 rings (SSSR count). The van der Waals surface area contributed by atoms with E-state index in [4.69, 9.17) is 4.74 Å². The number of amides is 1. The molecule has 3 heterocycles. The van der Waals surface area contributed by atoms with Crippen molar-refractivity contribution < 1.29 is 54.2 Å². The van der Waals surface area contributed by atoms with E-state index in [0.717, 1.165) is 22.5 Å². The number of aromatic nitrogens is 3. The Balaban J connectivity index is 1.55. The molecule has 18 heteroatoms. The highest BCUT2D eigenvalue weighted by Gasteiger charge is 2.43. The van der Waals surface area contributed by atoms with Crippen LogP contribution in [0.3, 0.4) is 0 Å². The lowest BCUT2D eigenvalue weighted by molar-refractivity contribution is -0.143. The summed E-state index contributed by atoms with van der Waals surface area (Å²) < 4.78 is 111. The number of aromatic carboxylic acids is 1. The quantitative estimate of drug-likeness (QED) is 0.157. The van der Waals surface area contributed by atoms with E-state index in [1.54, 1.807) is 19.9 Å². The largest absolute Gasteiger partial charge is 0.478 e. The number of carboxylic acid groups (broad SMARTS) is 1. The summed E-state index contributed by atoms with van der Waals surface area (Å²) >= 11 is 1.15. The van der Waals surface area contributed by atoms with Crippen molar-refractivity contribution in [1.82, 2.24) is 19.9 Å². The highest BCUT2D eigenvalue weighted by molar-refractivity contribution is 7.90. The van der Waals surface area contributed by atoms with Gasteiger partial charge < -0.3 is 9.84 Å². The number of alkyl halides is 6. The van der Waals surface area contributed by atoms with Crippen molar-refractivity contribution in [2.45, 2.75) is 57.0 Å². The Labute approximate surface area is 273 Å². The van der Waals surface area contributed by atoms with Crippen molar-refractivity contribution in [3.8, 4) is 21.0 Å². The number of hydrogen-bond donors (Lipinski definition) is 1. The van der Waals surface area contributed by atoms with E-state index in [-0.39, 0.29) is 22.9 Å². The van der Waals surface area contributed by atoms with Crippen molar-refractivity contribution >= 4 is 33.2 Å². The lowest BCUT2D eigenvalue weighted by Gasteiger charge is -2.23. The molecular weight excluding hydrogens is 690 g/mol. The molecule has 0 bridgehead atoms. The Morgan fingerprint density at radius 1 is 1.00 bits per heavy atom. The van der Waals surface area contributed by atoms with Gasteiger partial charge in [-0.25, -0.2) is 33.0 Å². The molecule has 2 aromatic carbocycles. The number of aryl methyl sites for hydroxylation is 2. The molecule has 1 saturated heterocycles. The van der Waals surface area contributed by atoms with Crippen LogP contribution in [0.5, 0.6) is 0 Å². The zero-order chi connectivity index (χ0) is 35.5. The molecule has 2 atom stereocenters. The summed E-state index contributed by atoms with van der Waals surface area (Å²) in [6.45, 7) is 4.26. The summed E-state index contributed by atoms with van der Waals surface area (Å²) in [7, 11) is -3.97. The van der Waals surface area contributed by atoms with Gasteiger partial charge in [0.2, 0.25) is 15.0 Å². The van der Waals surface area contributed by atoms with Gasteiger partial charge in [0.25, 0.3) is 0 Å². The van der Waals surface area contributed by atoms with Gasteiger partial charge in [0.05, 0.1) is 45.5 Å². The molecule has 1 amide bonds. The molecule has 48 heavy (non-hydrogen) atoms. The number of benzene rings is 2. The minimum atomic E-state index is -5.12. The molecule has 2 aromatic heterocycles. The molecule has 0 radical (unpaired) electrons. The molecule has 1 N–H and O–H groups in total. The first-order valence-electron chi connectivity index (χ1n) is 13.8. The minimum absolute atomic E-state index is 0.00820. The Hall–Kier alpha value is -4.58. The average molecular weight is 715 g/mol. The van der Waals surface area contributed by atoms with Crippen LogP contribution in [0.1, 0.15) is 57.0 Å². The average Bonchev–Trinajstić information content (AvgIpc) is 3.49. The van der Waals surface area contributed by atoms with Crippen LogP contribution in [0, 0.1) is 13.8 Å². The predicted molar refractivity (Wildman–Crippen MR) is 159 cm³/mol. The topological polar surface area (TPSA) is 140 Å². The van der Waals surface area contributed by atoms with Gasteiger partial charge in [-0.1, -0.05) is 6.07 Å². The Morgan fingerprint density at radius 3 is 2.17 bits per heavy atom. The Morgan fingerprint density at radius 2 is 1.62 bits per heavy atom. The van der Waals surface area contributed by atoms with Crippen LogP contribution < -0.4 is 0 Å². The number of thiazole rings is 1. The maximum atomic E-state index is 13.5.